The van der Waals surface area contributed by atoms with Gasteiger partial charge in [-0.25, -0.2) is 9.79 Å². The van der Waals surface area contributed by atoms with Gasteiger partial charge in [0, 0.05) is 6.92 Å². The Hall–Kier alpha value is -3.27. The highest BCUT2D eigenvalue weighted by atomic mass is 16.6. The topological polar surface area (TPSA) is 122 Å². The summed E-state index contributed by atoms with van der Waals surface area (Å²) in [6.07, 6.45) is 0.887. The molecule has 2 amide bonds. The van der Waals surface area contributed by atoms with Crippen molar-refractivity contribution >= 4 is 30.1 Å². The molecule has 0 bridgehead atoms. The van der Waals surface area contributed by atoms with Crippen molar-refractivity contribution in [3.05, 3.63) is 35.9 Å². The van der Waals surface area contributed by atoms with E-state index in [9.17, 15) is 14.4 Å². The van der Waals surface area contributed by atoms with Crippen molar-refractivity contribution in [2.24, 2.45) is 9.98 Å². The van der Waals surface area contributed by atoms with Gasteiger partial charge in [0.1, 0.15) is 13.3 Å². The monoisotopic (exact) mass is 373 g/mol. The number of hydrogen-bond acceptors (Lipinski definition) is 8. The van der Waals surface area contributed by atoms with E-state index in [4.69, 9.17) is 9.47 Å². The van der Waals surface area contributed by atoms with E-state index in [1.807, 2.05) is 6.07 Å². The molecule has 2 aliphatic heterocycles. The van der Waals surface area contributed by atoms with E-state index in [2.05, 4.69) is 20.6 Å². The second-order valence-electron chi connectivity index (χ2n) is 5.82. The number of carbonyl (C=O) groups excluding carboxylic acids is 3. The van der Waals surface area contributed by atoms with Crippen LogP contribution in [0.25, 0.3) is 0 Å². The number of benzene rings is 1. The molecule has 2 heterocycles. The lowest BCUT2D eigenvalue weighted by Gasteiger charge is -2.28. The fourth-order valence-corrected chi connectivity index (χ4v) is 2.55. The SMILES string of the molecule is CC(=O)NC1=NC2C(N=CN2COCCOC(=O)c2ccccc2)C(=O)N1. The Bertz CT molecular complexity index is 779. The number of nitrogens with one attached hydrogen (secondary N) is 2. The normalized spacial score (nSPS) is 20.6. The molecule has 1 aromatic carbocycles. The zero-order valence-corrected chi connectivity index (χ0v) is 14.6. The molecule has 2 atom stereocenters. The minimum absolute atomic E-state index is 0.0843. The largest absolute Gasteiger partial charge is 0.460 e. The summed E-state index contributed by atoms with van der Waals surface area (Å²) < 4.78 is 10.6. The molecule has 0 saturated carbocycles. The first-order valence-electron chi connectivity index (χ1n) is 8.30. The number of guanidine groups is 1. The van der Waals surface area contributed by atoms with Gasteiger partial charge in [-0.3, -0.25) is 25.2 Å². The lowest BCUT2D eigenvalue weighted by Crippen LogP contribution is -2.56. The van der Waals surface area contributed by atoms with Crippen molar-refractivity contribution in [2.45, 2.75) is 19.1 Å². The van der Waals surface area contributed by atoms with E-state index in [0.29, 0.717) is 5.56 Å². The zero-order chi connectivity index (χ0) is 19.2. The van der Waals surface area contributed by atoms with Crippen LogP contribution in [0.5, 0.6) is 0 Å². The second kappa shape index (κ2) is 8.41. The number of aliphatic imine (C=N–C) groups is 2. The van der Waals surface area contributed by atoms with Crippen molar-refractivity contribution < 1.29 is 23.9 Å². The van der Waals surface area contributed by atoms with E-state index in [1.54, 1.807) is 29.2 Å². The second-order valence-corrected chi connectivity index (χ2v) is 5.82. The Balaban J connectivity index is 1.44. The number of amides is 2. The van der Waals surface area contributed by atoms with Crippen molar-refractivity contribution in [1.82, 2.24) is 15.5 Å². The van der Waals surface area contributed by atoms with Gasteiger partial charge in [0.25, 0.3) is 5.91 Å². The van der Waals surface area contributed by atoms with Gasteiger partial charge >= 0.3 is 5.97 Å². The average molecular weight is 373 g/mol. The highest BCUT2D eigenvalue weighted by Gasteiger charge is 2.40. The predicted molar refractivity (Wildman–Crippen MR) is 94.8 cm³/mol. The molecule has 0 saturated heterocycles. The number of nitrogens with zero attached hydrogens (tertiary/aromatic N) is 3. The molecule has 0 fully saturated rings. The van der Waals surface area contributed by atoms with Gasteiger partial charge < -0.3 is 14.4 Å². The highest BCUT2D eigenvalue weighted by Crippen LogP contribution is 2.18. The van der Waals surface area contributed by atoms with Crippen LogP contribution in [0, 0.1) is 0 Å². The summed E-state index contributed by atoms with van der Waals surface area (Å²) in [6, 6.07) is 7.97. The third-order valence-electron chi connectivity index (χ3n) is 3.77. The number of fused-ring (bicyclic) bond motifs is 1. The maximum atomic E-state index is 12.0. The Morgan fingerprint density at radius 1 is 1.26 bits per heavy atom. The molecule has 10 heteroatoms. The third-order valence-corrected chi connectivity index (χ3v) is 3.77. The van der Waals surface area contributed by atoms with Gasteiger partial charge in [-0.2, -0.15) is 0 Å². The lowest BCUT2D eigenvalue weighted by molar-refractivity contribution is -0.122. The Kier molecular flexibility index (Phi) is 5.77. The van der Waals surface area contributed by atoms with Crippen LogP contribution in [0.3, 0.4) is 0 Å². The van der Waals surface area contributed by atoms with Crippen LogP contribution in [-0.2, 0) is 19.1 Å². The summed E-state index contributed by atoms with van der Waals surface area (Å²) in [5.41, 5.74) is 0.472. The minimum Gasteiger partial charge on any atom is -0.460 e. The van der Waals surface area contributed by atoms with Gasteiger partial charge in [-0.1, -0.05) is 18.2 Å². The average Bonchev–Trinajstić information content (AvgIpc) is 3.05. The fraction of sp³-hybridized carbons (Fsp3) is 0.353. The number of rotatable bonds is 6. The summed E-state index contributed by atoms with van der Waals surface area (Å²) >= 11 is 0. The molecule has 142 valence electrons. The van der Waals surface area contributed by atoms with Crippen LogP contribution < -0.4 is 10.6 Å². The molecular weight excluding hydrogens is 354 g/mol. The van der Waals surface area contributed by atoms with Gasteiger partial charge in [-0.05, 0) is 12.1 Å². The van der Waals surface area contributed by atoms with Gasteiger partial charge in [0.15, 0.2) is 12.2 Å². The van der Waals surface area contributed by atoms with E-state index in [0.717, 1.165) is 0 Å². The van der Waals surface area contributed by atoms with Crippen molar-refractivity contribution in [2.75, 3.05) is 19.9 Å². The van der Waals surface area contributed by atoms with E-state index in [-0.39, 0.29) is 37.7 Å². The van der Waals surface area contributed by atoms with E-state index < -0.39 is 18.2 Å². The van der Waals surface area contributed by atoms with Gasteiger partial charge in [-0.15, -0.1) is 0 Å². The molecule has 2 aliphatic rings. The molecule has 10 nitrogen and oxygen atoms in total. The fourth-order valence-electron chi connectivity index (χ4n) is 2.55. The Morgan fingerprint density at radius 3 is 2.78 bits per heavy atom. The maximum absolute atomic E-state index is 12.0. The molecule has 3 rings (SSSR count). The van der Waals surface area contributed by atoms with Crippen LogP contribution >= 0.6 is 0 Å². The maximum Gasteiger partial charge on any atom is 0.338 e. The summed E-state index contributed by atoms with van der Waals surface area (Å²) in [5, 5.41) is 4.93. The first kappa shape index (κ1) is 18.5. The van der Waals surface area contributed by atoms with Crippen LogP contribution in [-0.4, -0.2) is 67.1 Å². The number of hydrogen-bond donors (Lipinski definition) is 2. The Morgan fingerprint density at radius 2 is 2.04 bits per heavy atom. The smallest absolute Gasteiger partial charge is 0.338 e. The summed E-state index contributed by atoms with van der Waals surface area (Å²) in [7, 11) is 0. The van der Waals surface area contributed by atoms with Gasteiger partial charge in [0.05, 0.1) is 18.5 Å². The molecule has 1 aromatic rings. The number of esters is 1. The Labute approximate surface area is 155 Å². The molecule has 0 aliphatic carbocycles. The zero-order valence-electron chi connectivity index (χ0n) is 14.6. The molecule has 0 radical (unpaired) electrons. The van der Waals surface area contributed by atoms with Crippen molar-refractivity contribution in [3.8, 4) is 0 Å². The molecule has 2 unspecified atom stereocenters. The van der Waals surface area contributed by atoms with Crippen molar-refractivity contribution in [3.63, 3.8) is 0 Å². The third kappa shape index (κ3) is 4.67. The van der Waals surface area contributed by atoms with Crippen LogP contribution in [0.15, 0.2) is 40.3 Å². The predicted octanol–water partition coefficient (Wildman–Crippen LogP) is -0.522. The molecule has 2 N–H and O–H groups in total. The molecular formula is C17H19N5O5. The molecule has 27 heavy (non-hydrogen) atoms. The summed E-state index contributed by atoms with van der Waals surface area (Å²) in [6.45, 7) is 1.70. The van der Waals surface area contributed by atoms with E-state index in [1.165, 1.54) is 13.3 Å². The van der Waals surface area contributed by atoms with E-state index >= 15 is 0 Å². The van der Waals surface area contributed by atoms with Crippen LogP contribution in [0.1, 0.15) is 17.3 Å². The number of ether oxygens (including phenoxy) is 2. The molecule has 0 spiro atoms. The quantitative estimate of drug-likeness (QED) is 0.511. The lowest BCUT2D eigenvalue weighted by atomic mass is 10.2. The minimum atomic E-state index is -0.693. The van der Waals surface area contributed by atoms with Crippen LogP contribution in [0.2, 0.25) is 0 Å². The van der Waals surface area contributed by atoms with Crippen LogP contribution in [0.4, 0.5) is 0 Å². The first-order chi connectivity index (χ1) is 13.0. The van der Waals surface area contributed by atoms with Gasteiger partial charge in [0.2, 0.25) is 11.9 Å². The molecule has 0 aromatic heterocycles. The standard InChI is InChI=1S/C17H19N5O5/c1-11(23)19-17-20-14-13(15(24)21-17)18-9-22(14)10-26-7-8-27-16(25)12-5-3-2-4-6-12/h2-6,9,13-14H,7-8,10H2,1H3,(H2,19,20,21,23,24). The summed E-state index contributed by atoms with van der Waals surface area (Å²) in [5.74, 6) is -1.03. The van der Waals surface area contributed by atoms with Crippen molar-refractivity contribution in [1.29, 1.82) is 0 Å². The summed E-state index contributed by atoms with van der Waals surface area (Å²) in [4.78, 5) is 45.0. The highest BCUT2D eigenvalue weighted by molar-refractivity contribution is 6.07. The first-order valence-corrected chi connectivity index (χ1v) is 8.30. The number of carbonyl (C=O) groups is 3.